The second kappa shape index (κ2) is 5.88. The standard InChI is InChI=1S/C13H15N3O2S/c1-2-8-3-5-9(6-4-8)15-11(17)7-10-12(18)16-13(14)19-10/h3-6,10H,2,7H2,1H3,(H,15,17)(H2,14,16,18). The van der Waals surface area contributed by atoms with E-state index in [1.165, 1.54) is 5.56 Å². The molecule has 1 saturated heterocycles. The van der Waals surface area contributed by atoms with E-state index in [1.54, 1.807) is 0 Å². The summed E-state index contributed by atoms with van der Waals surface area (Å²) in [5.41, 5.74) is 1.93. The molecule has 1 fully saturated rings. The van der Waals surface area contributed by atoms with Crippen LogP contribution in [0.1, 0.15) is 18.9 Å². The van der Waals surface area contributed by atoms with Gasteiger partial charge in [0.15, 0.2) is 5.17 Å². The lowest BCUT2D eigenvalue weighted by Crippen LogP contribution is -2.27. The summed E-state index contributed by atoms with van der Waals surface area (Å²) in [6, 6.07) is 7.62. The SMILES string of the molecule is CCc1ccc(NC(=O)CC2SC(=N)NC2=O)cc1. The summed E-state index contributed by atoms with van der Waals surface area (Å²) in [7, 11) is 0. The minimum Gasteiger partial charge on any atom is -0.326 e. The molecule has 2 amide bonds. The molecule has 0 spiro atoms. The van der Waals surface area contributed by atoms with Gasteiger partial charge in [0.05, 0.1) is 0 Å². The summed E-state index contributed by atoms with van der Waals surface area (Å²) in [4.78, 5) is 23.2. The Balaban J connectivity index is 1.90. The molecule has 6 heteroatoms. The Hall–Kier alpha value is -1.82. The van der Waals surface area contributed by atoms with Crippen LogP contribution >= 0.6 is 11.8 Å². The van der Waals surface area contributed by atoms with Crippen molar-refractivity contribution in [3.8, 4) is 0 Å². The molecule has 1 unspecified atom stereocenters. The molecule has 1 aromatic carbocycles. The molecule has 1 heterocycles. The first-order chi connectivity index (χ1) is 9.08. The van der Waals surface area contributed by atoms with E-state index in [-0.39, 0.29) is 23.4 Å². The Morgan fingerprint density at radius 3 is 2.63 bits per heavy atom. The van der Waals surface area contributed by atoms with Crippen LogP contribution in [0.5, 0.6) is 0 Å². The smallest absolute Gasteiger partial charge is 0.240 e. The summed E-state index contributed by atoms with van der Waals surface area (Å²) >= 11 is 1.08. The van der Waals surface area contributed by atoms with Gasteiger partial charge < -0.3 is 10.6 Å². The van der Waals surface area contributed by atoms with Crippen LogP contribution in [0.4, 0.5) is 5.69 Å². The van der Waals surface area contributed by atoms with Crippen molar-refractivity contribution < 1.29 is 9.59 Å². The Morgan fingerprint density at radius 1 is 1.42 bits per heavy atom. The van der Waals surface area contributed by atoms with Crippen molar-refractivity contribution in [1.29, 1.82) is 5.41 Å². The number of rotatable bonds is 4. The molecule has 0 aromatic heterocycles. The third kappa shape index (κ3) is 3.57. The molecule has 0 radical (unpaired) electrons. The van der Waals surface area contributed by atoms with Gasteiger partial charge in [0.2, 0.25) is 11.8 Å². The molecule has 0 saturated carbocycles. The third-order valence-electron chi connectivity index (χ3n) is 2.81. The molecule has 5 nitrogen and oxygen atoms in total. The zero-order valence-electron chi connectivity index (χ0n) is 10.5. The fourth-order valence-corrected chi connectivity index (χ4v) is 2.60. The normalized spacial score (nSPS) is 18.3. The first kappa shape index (κ1) is 13.6. The number of amides is 2. The highest BCUT2D eigenvalue weighted by atomic mass is 32.2. The Labute approximate surface area is 115 Å². The quantitative estimate of drug-likeness (QED) is 0.784. The number of nitrogens with one attached hydrogen (secondary N) is 3. The molecule has 1 aliphatic heterocycles. The lowest BCUT2D eigenvalue weighted by molar-refractivity contribution is -0.122. The Kier molecular flexibility index (Phi) is 4.21. The molecule has 0 aliphatic carbocycles. The molecular formula is C13H15N3O2S. The zero-order valence-corrected chi connectivity index (χ0v) is 11.3. The Bertz CT molecular complexity index is 513. The molecule has 100 valence electrons. The van der Waals surface area contributed by atoms with E-state index in [1.807, 2.05) is 24.3 Å². The minimum absolute atomic E-state index is 0.0778. The molecule has 3 N–H and O–H groups in total. The van der Waals surface area contributed by atoms with Crippen molar-refractivity contribution in [2.45, 2.75) is 25.0 Å². The monoisotopic (exact) mass is 277 g/mol. The number of benzene rings is 1. The molecule has 19 heavy (non-hydrogen) atoms. The summed E-state index contributed by atoms with van der Waals surface area (Å²) < 4.78 is 0. The predicted molar refractivity (Wildman–Crippen MR) is 76.3 cm³/mol. The van der Waals surface area contributed by atoms with E-state index in [0.29, 0.717) is 0 Å². The maximum atomic E-state index is 11.8. The second-order valence-electron chi connectivity index (χ2n) is 4.23. The van der Waals surface area contributed by atoms with Crippen molar-refractivity contribution in [3.63, 3.8) is 0 Å². The lowest BCUT2D eigenvalue weighted by Gasteiger charge is -2.08. The van der Waals surface area contributed by atoms with E-state index in [4.69, 9.17) is 5.41 Å². The van der Waals surface area contributed by atoms with Gasteiger partial charge in [0.1, 0.15) is 5.25 Å². The highest BCUT2D eigenvalue weighted by Crippen LogP contribution is 2.21. The number of carbonyl (C=O) groups is 2. The number of thioether (sulfide) groups is 1. The van der Waals surface area contributed by atoms with Crippen molar-refractivity contribution in [2.75, 3.05) is 5.32 Å². The van der Waals surface area contributed by atoms with Crippen LogP contribution in [0.3, 0.4) is 0 Å². The van der Waals surface area contributed by atoms with Gasteiger partial charge >= 0.3 is 0 Å². The van der Waals surface area contributed by atoms with Crippen molar-refractivity contribution >= 4 is 34.4 Å². The van der Waals surface area contributed by atoms with Crippen LogP contribution in [-0.4, -0.2) is 22.2 Å². The second-order valence-corrected chi connectivity index (χ2v) is 5.44. The number of hydrogen-bond acceptors (Lipinski definition) is 4. The Morgan fingerprint density at radius 2 is 2.11 bits per heavy atom. The largest absolute Gasteiger partial charge is 0.326 e. The maximum absolute atomic E-state index is 11.8. The number of hydrogen-bond donors (Lipinski definition) is 3. The molecule has 0 bridgehead atoms. The molecule has 1 atom stereocenters. The van der Waals surface area contributed by atoms with Crippen LogP contribution in [-0.2, 0) is 16.0 Å². The molecular weight excluding hydrogens is 262 g/mol. The fourth-order valence-electron chi connectivity index (χ4n) is 1.76. The number of anilines is 1. The van der Waals surface area contributed by atoms with Gasteiger partial charge in [-0.2, -0.15) is 0 Å². The van der Waals surface area contributed by atoms with Gasteiger partial charge in [-0.3, -0.25) is 15.0 Å². The van der Waals surface area contributed by atoms with Gasteiger partial charge in [-0.15, -0.1) is 0 Å². The average Bonchev–Trinajstić information content (AvgIpc) is 2.68. The summed E-state index contributed by atoms with van der Waals surface area (Å²) in [5, 5.41) is 12.1. The van der Waals surface area contributed by atoms with Crippen LogP contribution in [0, 0.1) is 5.41 Å². The summed E-state index contributed by atoms with van der Waals surface area (Å²) in [6.45, 7) is 2.07. The topological polar surface area (TPSA) is 82.1 Å². The highest BCUT2D eigenvalue weighted by molar-refractivity contribution is 8.15. The minimum atomic E-state index is -0.498. The molecule has 1 aliphatic rings. The third-order valence-corrected chi connectivity index (χ3v) is 3.81. The summed E-state index contributed by atoms with van der Waals surface area (Å²) in [6.07, 6.45) is 1.03. The molecule has 1 aromatic rings. The average molecular weight is 277 g/mol. The van der Waals surface area contributed by atoms with Crippen LogP contribution in [0.15, 0.2) is 24.3 Å². The van der Waals surface area contributed by atoms with E-state index in [2.05, 4.69) is 17.6 Å². The van der Waals surface area contributed by atoms with E-state index in [9.17, 15) is 9.59 Å². The van der Waals surface area contributed by atoms with Gasteiger partial charge in [0.25, 0.3) is 0 Å². The van der Waals surface area contributed by atoms with Crippen LogP contribution < -0.4 is 10.6 Å². The van der Waals surface area contributed by atoms with Crippen molar-refractivity contribution in [2.24, 2.45) is 0 Å². The number of carbonyl (C=O) groups excluding carboxylic acids is 2. The van der Waals surface area contributed by atoms with Gasteiger partial charge in [-0.05, 0) is 24.1 Å². The maximum Gasteiger partial charge on any atom is 0.240 e. The van der Waals surface area contributed by atoms with Gasteiger partial charge in [-0.25, -0.2) is 0 Å². The first-order valence-corrected chi connectivity index (χ1v) is 6.91. The fraction of sp³-hybridized carbons (Fsp3) is 0.308. The van der Waals surface area contributed by atoms with Gasteiger partial charge in [-0.1, -0.05) is 30.8 Å². The zero-order chi connectivity index (χ0) is 13.8. The first-order valence-electron chi connectivity index (χ1n) is 6.03. The van der Waals surface area contributed by atoms with E-state index < -0.39 is 5.25 Å². The van der Waals surface area contributed by atoms with Gasteiger partial charge in [0, 0.05) is 12.1 Å². The molecule has 2 rings (SSSR count). The number of aryl methyl sites for hydroxylation is 1. The van der Waals surface area contributed by atoms with Crippen molar-refractivity contribution in [3.05, 3.63) is 29.8 Å². The predicted octanol–water partition coefficient (Wildman–Crippen LogP) is 1.74. The summed E-state index contributed by atoms with van der Waals surface area (Å²) in [5.74, 6) is -0.488. The van der Waals surface area contributed by atoms with E-state index in [0.717, 1.165) is 23.9 Å². The van der Waals surface area contributed by atoms with E-state index >= 15 is 0 Å². The lowest BCUT2D eigenvalue weighted by atomic mass is 10.1. The van der Waals surface area contributed by atoms with Crippen LogP contribution in [0.25, 0.3) is 0 Å². The highest BCUT2D eigenvalue weighted by Gasteiger charge is 2.31. The van der Waals surface area contributed by atoms with Crippen molar-refractivity contribution in [1.82, 2.24) is 5.32 Å². The van der Waals surface area contributed by atoms with Crippen LogP contribution in [0.2, 0.25) is 0 Å². The number of amidine groups is 1.